The Morgan fingerprint density at radius 1 is 1.22 bits per heavy atom. The van der Waals surface area contributed by atoms with Gasteiger partial charge in [-0.25, -0.2) is 4.79 Å². The first-order valence-corrected chi connectivity index (χ1v) is 10.1. The zero-order valence-corrected chi connectivity index (χ0v) is 17.1. The number of anilines is 1. The Bertz CT molecular complexity index is 772. The van der Waals surface area contributed by atoms with Crippen LogP contribution in [0, 0.1) is 0 Å². The lowest BCUT2D eigenvalue weighted by Crippen LogP contribution is -2.40. The largest absolute Gasteiger partial charge is 0.444 e. The molecule has 0 radical (unpaired) electrons. The van der Waals surface area contributed by atoms with Gasteiger partial charge in [0.15, 0.2) is 5.12 Å². The highest BCUT2D eigenvalue weighted by Crippen LogP contribution is 2.31. The van der Waals surface area contributed by atoms with Crippen LogP contribution in [0.15, 0.2) is 18.2 Å². The van der Waals surface area contributed by atoms with E-state index in [1.165, 1.54) is 18.7 Å². The van der Waals surface area contributed by atoms with E-state index in [0.29, 0.717) is 26.1 Å². The summed E-state index contributed by atoms with van der Waals surface area (Å²) in [6.07, 6.45) is 0.833. The molecule has 146 valence electrons. The molecule has 1 fully saturated rings. The summed E-state index contributed by atoms with van der Waals surface area (Å²) in [5, 5.41) is 0.0658. The van der Waals surface area contributed by atoms with E-state index in [2.05, 4.69) is 0 Å². The molecular formula is C20H26N2O4S. The van der Waals surface area contributed by atoms with Crippen molar-refractivity contribution in [1.29, 1.82) is 0 Å². The number of hydrogen-bond acceptors (Lipinski definition) is 5. The monoisotopic (exact) mass is 390 g/mol. The van der Waals surface area contributed by atoms with Crippen molar-refractivity contribution < 1.29 is 19.1 Å². The molecule has 1 saturated heterocycles. The Morgan fingerprint density at radius 3 is 2.63 bits per heavy atom. The summed E-state index contributed by atoms with van der Waals surface area (Å²) in [6.45, 7) is 8.79. The Kier molecular flexibility index (Phi) is 5.51. The van der Waals surface area contributed by atoms with Crippen LogP contribution in [0.2, 0.25) is 0 Å². The van der Waals surface area contributed by atoms with E-state index in [4.69, 9.17) is 4.74 Å². The second-order valence-electron chi connectivity index (χ2n) is 8.04. The molecule has 1 unspecified atom stereocenters. The maximum Gasteiger partial charge on any atom is 0.410 e. The first-order chi connectivity index (χ1) is 12.6. The second kappa shape index (κ2) is 7.54. The van der Waals surface area contributed by atoms with Crippen molar-refractivity contribution in [1.82, 2.24) is 4.90 Å². The molecule has 1 atom stereocenters. The highest BCUT2D eigenvalue weighted by atomic mass is 32.2. The molecule has 0 saturated carbocycles. The summed E-state index contributed by atoms with van der Waals surface area (Å²) in [5.41, 5.74) is 2.60. The highest BCUT2D eigenvalue weighted by molar-refractivity contribution is 8.14. The van der Waals surface area contributed by atoms with Crippen molar-refractivity contribution in [2.24, 2.45) is 0 Å². The molecule has 0 aliphatic carbocycles. The lowest BCUT2D eigenvalue weighted by Gasteiger charge is -2.31. The van der Waals surface area contributed by atoms with E-state index in [-0.39, 0.29) is 22.4 Å². The van der Waals surface area contributed by atoms with Crippen molar-refractivity contribution in [2.45, 2.75) is 57.9 Å². The summed E-state index contributed by atoms with van der Waals surface area (Å²) in [5.74, 6) is 0.0555. The third-order valence-corrected chi connectivity index (χ3v) is 5.57. The number of fused-ring (bicyclic) bond motifs is 1. The van der Waals surface area contributed by atoms with Crippen LogP contribution in [0.4, 0.5) is 10.5 Å². The molecule has 2 aliphatic heterocycles. The third kappa shape index (κ3) is 4.83. The molecule has 0 spiro atoms. The number of carbonyl (C=O) groups is 3. The van der Waals surface area contributed by atoms with Crippen molar-refractivity contribution in [3.8, 4) is 0 Å². The summed E-state index contributed by atoms with van der Waals surface area (Å²) in [4.78, 5) is 39.4. The minimum absolute atomic E-state index is 0.0219. The number of amides is 2. The van der Waals surface area contributed by atoms with Gasteiger partial charge >= 0.3 is 6.09 Å². The van der Waals surface area contributed by atoms with E-state index in [9.17, 15) is 14.4 Å². The van der Waals surface area contributed by atoms with Crippen molar-refractivity contribution in [3.63, 3.8) is 0 Å². The number of carbonyl (C=O) groups excluding carboxylic acids is 3. The van der Waals surface area contributed by atoms with Gasteiger partial charge in [-0.3, -0.25) is 9.59 Å². The molecule has 0 N–H and O–H groups in total. The predicted octanol–water partition coefficient (Wildman–Crippen LogP) is 3.36. The minimum atomic E-state index is -0.508. The topological polar surface area (TPSA) is 66.9 Å². The van der Waals surface area contributed by atoms with Gasteiger partial charge in [-0.15, -0.1) is 0 Å². The highest BCUT2D eigenvalue weighted by Gasteiger charge is 2.33. The van der Waals surface area contributed by atoms with Crippen LogP contribution in [0.3, 0.4) is 0 Å². The first-order valence-electron chi connectivity index (χ1n) is 9.20. The van der Waals surface area contributed by atoms with Gasteiger partial charge in [0.25, 0.3) is 0 Å². The van der Waals surface area contributed by atoms with E-state index < -0.39 is 5.60 Å². The van der Waals surface area contributed by atoms with Gasteiger partial charge in [-0.2, -0.15) is 0 Å². The van der Waals surface area contributed by atoms with Crippen LogP contribution >= 0.6 is 11.8 Å². The van der Waals surface area contributed by atoms with Crippen LogP contribution in [0.1, 0.15) is 45.2 Å². The Labute approximate surface area is 164 Å². The molecular weight excluding hydrogens is 364 g/mol. The Morgan fingerprint density at radius 2 is 1.96 bits per heavy atom. The van der Waals surface area contributed by atoms with Crippen LogP contribution in [-0.2, 0) is 27.3 Å². The van der Waals surface area contributed by atoms with Crippen molar-refractivity contribution in [2.75, 3.05) is 18.0 Å². The maximum atomic E-state index is 12.3. The number of rotatable bonds is 2. The second-order valence-corrected chi connectivity index (χ2v) is 9.52. The summed E-state index contributed by atoms with van der Waals surface area (Å²) in [7, 11) is 0. The molecule has 1 aromatic carbocycles. The molecule has 27 heavy (non-hydrogen) atoms. The fraction of sp³-hybridized carbons (Fsp3) is 0.550. The number of thioether (sulfide) groups is 1. The summed E-state index contributed by atoms with van der Waals surface area (Å²) < 4.78 is 5.46. The van der Waals surface area contributed by atoms with E-state index >= 15 is 0 Å². The number of hydrogen-bond donors (Lipinski definition) is 0. The summed E-state index contributed by atoms with van der Waals surface area (Å²) in [6, 6.07) is 5.95. The zero-order chi connectivity index (χ0) is 19.8. The van der Waals surface area contributed by atoms with Crippen LogP contribution in [0.5, 0.6) is 0 Å². The molecule has 3 rings (SSSR count). The summed E-state index contributed by atoms with van der Waals surface area (Å²) >= 11 is 1.24. The third-order valence-electron chi connectivity index (χ3n) is 4.59. The van der Waals surface area contributed by atoms with Crippen LogP contribution in [-0.4, -0.2) is 46.0 Å². The molecule has 2 aliphatic rings. The van der Waals surface area contributed by atoms with Gasteiger partial charge in [-0.1, -0.05) is 17.8 Å². The van der Waals surface area contributed by atoms with E-state index in [1.54, 1.807) is 9.80 Å². The SMILES string of the molecule is CC(=O)SC1CC(=O)N(c2ccc3c(c2)CCN(C(=O)OC(C)(C)C)C3)C1. The molecule has 2 heterocycles. The average molecular weight is 391 g/mol. The predicted molar refractivity (Wildman–Crippen MR) is 106 cm³/mol. The fourth-order valence-corrected chi connectivity index (χ4v) is 4.35. The quantitative estimate of drug-likeness (QED) is 0.775. The number of ether oxygens (including phenoxy) is 1. The Hall–Kier alpha value is -2.02. The van der Waals surface area contributed by atoms with E-state index in [1.807, 2.05) is 39.0 Å². The van der Waals surface area contributed by atoms with Crippen LogP contribution in [0.25, 0.3) is 0 Å². The average Bonchev–Trinajstić information content (AvgIpc) is 2.91. The van der Waals surface area contributed by atoms with Gasteiger partial charge in [-0.05, 0) is 50.5 Å². The zero-order valence-electron chi connectivity index (χ0n) is 16.3. The van der Waals surface area contributed by atoms with Crippen molar-refractivity contribution in [3.05, 3.63) is 29.3 Å². The normalized spacial score (nSPS) is 19.9. The van der Waals surface area contributed by atoms with Gasteiger partial charge in [0.05, 0.1) is 0 Å². The van der Waals surface area contributed by atoms with Gasteiger partial charge < -0.3 is 14.5 Å². The molecule has 2 amide bonds. The standard InChI is InChI=1S/C20H26N2O4S/c1-13(23)27-17-10-18(24)22(12-17)16-6-5-15-11-21(8-7-14(15)9-16)19(25)26-20(2,3)4/h5-6,9,17H,7-8,10-12H2,1-4H3. The molecule has 6 nitrogen and oxygen atoms in total. The number of benzene rings is 1. The lowest BCUT2D eigenvalue weighted by atomic mass is 9.99. The molecule has 7 heteroatoms. The van der Waals surface area contributed by atoms with Crippen LogP contribution < -0.4 is 4.90 Å². The molecule has 0 aromatic heterocycles. The molecule has 1 aromatic rings. The maximum absolute atomic E-state index is 12.3. The van der Waals surface area contributed by atoms with Gasteiger partial charge in [0.2, 0.25) is 5.91 Å². The first kappa shape index (κ1) is 19.7. The van der Waals surface area contributed by atoms with Crippen molar-refractivity contribution >= 4 is 34.6 Å². The van der Waals surface area contributed by atoms with Gasteiger partial charge in [0, 0.05) is 43.9 Å². The Balaban J connectivity index is 1.69. The lowest BCUT2D eigenvalue weighted by molar-refractivity contribution is -0.117. The van der Waals surface area contributed by atoms with Gasteiger partial charge in [0.1, 0.15) is 5.60 Å². The number of nitrogens with zero attached hydrogens (tertiary/aromatic N) is 2. The minimum Gasteiger partial charge on any atom is -0.444 e. The smallest absolute Gasteiger partial charge is 0.410 e. The van der Waals surface area contributed by atoms with E-state index in [0.717, 1.165) is 23.2 Å². The fourth-order valence-electron chi connectivity index (χ4n) is 3.43. The molecule has 0 bridgehead atoms.